The van der Waals surface area contributed by atoms with E-state index in [0.717, 1.165) is 25.8 Å². The number of hydrogen-bond acceptors (Lipinski definition) is 2. The number of hydrogen-bond donors (Lipinski definition) is 0. The van der Waals surface area contributed by atoms with Gasteiger partial charge in [0.2, 0.25) is 0 Å². The van der Waals surface area contributed by atoms with E-state index in [4.69, 9.17) is 9.47 Å². The zero-order valence-electron chi connectivity index (χ0n) is 8.50. The molecule has 82 valence electrons. The van der Waals surface area contributed by atoms with Crippen molar-refractivity contribution in [3.8, 4) is 0 Å². The van der Waals surface area contributed by atoms with Crippen molar-refractivity contribution in [2.75, 3.05) is 13.7 Å². The molecule has 0 aromatic heterocycles. The molecule has 1 aliphatic rings. The molecule has 4 heteroatoms. The lowest BCUT2D eigenvalue weighted by atomic mass is 9.92. The number of methoxy groups -OCH3 is 1. The van der Waals surface area contributed by atoms with Crippen LogP contribution in [0.15, 0.2) is 12.2 Å². The fraction of sp³-hybridized carbons (Fsp3) is 0.800. The van der Waals surface area contributed by atoms with E-state index in [-0.39, 0.29) is 18.8 Å². The van der Waals surface area contributed by atoms with E-state index >= 15 is 0 Å². The Morgan fingerprint density at radius 2 is 2.00 bits per heavy atom. The molecular weight excluding hydrogens is 190 g/mol. The van der Waals surface area contributed by atoms with Crippen LogP contribution in [0.25, 0.3) is 0 Å². The maximum atomic E-state index is 12.3. The van der Waals surface area contributed by atoms with Gasteiger partial charge >= 0.3 is 0 Å². The summed E-state index contributed by atoms with van der Waals surface area (Å²) in [5.74, 6) is -2.75. The summed E-state index contributed by atoms with van der Waals surface area (Å²) in [6, 6.07) is 0. The summed E-state index contributed by atoms with van der Waals surface area (Å²) in [6.45, 7) is 1.08. The average Bonchev–Trinajstić information content (AvgIpc) is 2.00. The highest BCUT2D eigenvalue weighted by atomic mass is 19.3. The van der Waals surface area contributed by atoms with Crippen molar-refractivity contribution >= 4 is 0 Å². The fourth-order valence-corrected chi connectivity index (χ4v) is 1.33. The highest BCUT2D eigenvalue weighted by molar-refractivity contribution is 4.92. The van der Waals surface area contributed by atoms with Crippen LogP contribution in [0.1, 0.15) is 19.8 Å². The molecule has 0 N–H and O–H groups in total. The topological polar surface area (TPSA) is 18.5 Å². The SMILES string of the molecule is COC1CCC1OC/C=C/C(C)(F)F. The van der Waals surface area contributed by atoms with E-state index in [1.807, 2.05) is 0 Å². The van der Waals surface area contributed by atoms with Crippen LogP contribution < -0.4 is 0 Å². The van der Waals surface area contributed by atoms with E-state index in [0.29, 0.717) is 0 Å². The predicted octanol–water partition coefficient (Wildman–Crippen LogP) is 2.39. The summed E-state index contributed by atoms with van der Waals surface area (Å²) in [5, 5.41) is 0. The van der Waals surface area contributed by atoms with Gasteiger partial charge in [-0.2, -0.15) is 0 Å². The van der Waals surface area contributed by atoms with Crippen molar-refractivity contribution < 1.29 is 18.3 Å². The van der Waals surface area contributed by atoms with Gasteiger partial charge in [0.1, 0.15) is 0 Å². The molecule has 0 saturated heterocycles. The summed E-state index contributed by atoms with van der Waals surface area (Å²) in [7, 11) is 1.64. The third kappa shape index (κ3) is 3.72. The number of allylic oxidation sites excluding steroid dienone is 1. The summed E-state index contributed by atoms with van der Waals surface area (Å²) in [5.41, 5.74) is 0. The Bertz CT molecular complexity index is 197. The molecule has 1 fully saturated rings. The molecule has 2 nitrogen and oxygen atoms in total. The zero-order chi connectivity index (χ0) is 10.6. The van der Waals surface area contributed by atoms with Crippen LogP contribution in [0.2, 0.25) is 0 Å². The molecule has 0 aromatic rings. The quantitative estimate of drug-likeness (QED) is 0.643. The Kier molecular flexibility index (Phi) is 4.01. The lowest BCUT2D eigenvalue weighted by Gasteiger charge is -2.34. The maximum Gasteiger partial charge on any atom is 0.263 e. The first kappa shape index (κ1) is 11.6. The number of ether oxygens (including phenoxy) is 2. The van der Waals surface area contributed by atoms with Crippen molar-refractivity contribution in [3.63, 3.8) is 0 Å². The van der Waals surface area contributed by atoms with Gasteiger partial charge in [-0.25, -0.2) is 8.78 Å². The van der Waals surface area contributed by atoms with Crippen LogP contribution in [0.3, 0.4) is 0 Å². The van der Waals surface area contributed by atoms with Gasteiger partial charge in [-0.3, -0.25) is 0 Å². The number of halogens is 2. The van der Waals surface area contributed by atoms with E-state index < -0.39 is 5.92 Å². The first-order valence-corrected chi connectivity index (χ1v) is 4.73. The maximum absolute atomic E-state index is 12.3. The lowest BCUT2D eigenvalue weighted by molar-refractivity contribution is -0.106. The van der Waals surface area contributed by atoms with Gasteiger partial charge in [0.05, 0.1) is 18.8 Å². The molecule has 1 saturated carbocycles. The Hall–Kier alpha value is -0.480. The van der Waals surface area contributed by atoms with E-state index in [9.17, 15) is 8.78 Å². The van der Waals surface area contributed by atoms with Gasteiger partial charge < -0.3 is 9.47 Å². The first-order chi connectivity index (χ1) is 6.53. The Labute approximate surface area is 82.9 Å². The highest BCUT2D eigenvalue weighted by Gasteiger charge is 2.31. The molecule has 0 amide bonds. The second-order valence-corrected chi connectivity index (χ2v) is 3.58. The molecule has 2 atom stereocenters. The molecular formula is C10H16F2O2. The first-order valence-electron chi connectivity index (χ1n) is 4.73. The van der Waals surface area contributed by atoms with E-state index in [1.54, 1.807) is 7.11 Å². The molecule has 0 heterocycles. The molecule has 0 spiro atoms. The van der Waals surface area contributed by atoms with Crippen molar-refractivity contribution in [1.29, 1.82) is 0 Å². The van der Waals surface area contributed by atoms with Gasteiger partial charge in [-0.1, -0.05) is 6.08 Å². The predicted molar refractivity (Wildman–Crippen MR) is 49.5 cm³/mol. The van der Waals surface area contributed by atoms with Crippen LogP contribution in [0.4, 0.5) is 8.78 Å². The largest absolute Gasteiger partial charge is 0.379 e. The minimum Gasteiger partial charge on any atom is -0.379 e. The zero-order valence-corrected chi connectivity index (χ0v) is 8.50. The van der Waals surface area contributed by atoms with Crippen molar-refractivity contribution in [2.45, 2.75) is 37.9 Å². The normalized spacial score (nSPS) is 28.0. The van der Waals surface area contributed by atoms with Gasteiger partial charge in [0, 0.05) is 14.0 Å². The Morgan fingerprint density at radius 3 is 2.43 bits per heavy atom. The summed E-state index contributed by atoms with van der Waals surface area (Å²) >= 11 is 0. The smallest absolute Gasteiger partial charge is 0.263 e. The summed E-state index contributed by atoms with van der Waals surface area (Å²) in [6.07, 6.45) is 4.38. The molecule has 0 aliphatic heterocycles. The molecule has 1 rings (SSSR count). The second kappa shape index (κ2) is 4.84. The van der Waals surface area contributed by atoms with Crippen molar-refractivity contribution in [1.82, 2.24) is 0 Å². The van der Waals surface area contributed by atoms with Gasteiger partial charge in [-0.15, -0.1) is 0 Å². The molecule has 14 heavy (non-hydrogen) atoms. The lowest BCUT2D eigenvalue weighted by Crippen LogP contribution is -2.40. The highest BCUT2D eigenvalue weighted by Crippen LogP contribution is 2.25. The summed E-state index contributed by atoms with van der Waals surface area (Å²) < 4.78 is 35.1. The number of alkyl halides is 2. The van der Waals surface area contributed by atoms with E-state index in [1.165, 1.54) is 6.08 Å². The molecule has 0 aromatic carbocycles. The summed E-state index contributed by atoms with van der Waals surface area (Å²) in [4.78, 5) is 0. The van der Waals surface area contributed by atoms with Crippen LogP contribution in [-0.2, 0) is 9.47 Å². The monoisotopic (exact) mass is 206 g/mol. The van der Waals surface area contributed by atoms with Gasteiger partial charge in [-0.05, 0) is 18.9 Å². The van der Waals surface area contributed by atoms with Crippen molar-refractivity contribution in [2.24, 2.45) is 0 Å². The van der Waals surface area contributed by atoms with Crippen LogP contribution >= 0.6 is 0 Å². The minimum absolute atomic E-state index is 0.0788. The van der Waals surface area contributed by atoms with Gasteiger partial charge in [0.25, 0.3) is 5.92 Å². The average molecular weight is 206 g/mol. The number of rotatable bonds is 5. The molecule has 2 unspecified atom stereocenters. The van der Waals surface area contributed by atoms with Crippen LogP contribution in [-0.4, -0.2) is 31.8 Å². The standard InChI is InChI=1S/C10H16F2O2/c1-10(11,12)6-3-7-14-9-5-4-8(9)13-2/h3,6,8-9H,4-5,7H2,1-2H3/b6-3+. The van der Waals surface area contributed by atoms with Crippen LogP contribution in [0.5, 0.6) is 0 Å². The fourth-order valence-electron chi connectivity index (χ4n) is 1.33. The van der Waals surface area contributed by atoms with Crippen molar-refractivity contribution in [3.05, 3.63) is 12.2 Å². The minimum atomic E-state index is -2.75. The Morgan fingerprint density at radius 1 is 1.36 bits per heavy atom. The molecule has 0 radical (unpaired) electrons. The van der Waals surface area contributed by atoms with E-state index in [2.05, 4.69) is 0 Å². The van der Waals surface area contributed by atoms with Gasteiger partial charge in [0.15, 0.2) is 0 Å². The van der Waals surface area contributed by atoms with Crippen LogP contribution in [0, 0.1) is 0 Å². The molecule has 0 bridgehead atoms. The second-order valence-electron chi connectivity index (χ2n) is 3.58. The third-order valence-electron chi connectivity index (χ3n) is 2.27. The third-order valence-corrected chi connectivity index (χ3v) is 2.27. The Balaban J connectivity index is 2.13. The molecule has 1 aliphatic carbocycles.